The molecule has 2 aliphatic heterocycles. The van der Waals surface area contributed by atoms with Gasteiger partial charge < -0.3 is 19.6 Å². The second-order valence-corrected chi connectivity index (χ2v) is 12.8. The van der Waals surface area contributed by atoms with Crippen LogP contribution in [-0.2, 0) is 19.1 Å². The molecule has 3 unspecified atom stereocenters. The Labute approximate surface area is 214 Å². The largest absolute Gasteiger partial charge is 0.480 e. The maximum atomic E-state index is 14.0. The monoisotopic (exact) mass is 506 g/mol. The molecule has 0 aromatic carbocycles. The normalized spacial score (nSPS) is 29.9. The van der Waals surface area contributed by atoms with Crippen molar-refractivity contribution in [1.82, 2.24) is 9.80 Å². The molecular weight excluding hydrogens is 464 g/mol. The van der Waals surface area contributed by atoms with Crippen molar-refractivity contribution >= 4 is 29.5 Å². The zero-order chi connectivity index (χ0) is 25.8. The second kappa shape index (κ2) is 12.0. The molecule has 1 aliphatic carbocycles. The fourth-order valence-corrected chi connectivity index (χ4v) is 6.81. The van der Waals surface area contributed by atoms with Crippen LogP contribution in [0.15, 0.2) is 0 Å². The second-order valence-electron chi connectivity index (χ2n) is 11.5. The molecule has 3 aliphatic rings. The molecule has 8 heteroatoms. The number of carboxylic acids is 1. The summed E-state index contributed by atoms with van der Waals surface area (Å²) in [5, 5.41) is 9.31. The quantitative estimate of drug-likeness (QED) is 0.554. The Hall–Kier alpha value is -1.72. The first kappa shape index (κ1) is 27.9. The molecule has 7 nitrogen and oxygen atoms in total. The van der Waals surface area contributed by atoms with Gasteiger partial charge in [0.05, 0.1) is 11.3 Å². The Bertz CT molecular complexity index is 829. The van der Waals surface area contributed by atoms with Crippen molar-refractivity contribution in [2.75, 3.05) is 26.8 Å². The topological polar surface area (TPSA) is 87.2 Å². The van der Waals surface area contributed by atoms with Gasteiger partial charge in [0.1, 0.15) is 11.9 Å². The number of carboxylic acid groups (broad SMARTS) is 1. The lowest BCUT2D eigenvalue weighted by Crippen LogP contribution is -2.57. The molecule has 35 heavy (non-hydrogen) atoms. The van der Waals surface area contributed by atoms with Crippen LogP contribution < -0.4 is 0 Å². The van der Waals surface area contributed by atoms with Gasteiger partial charge in [-0.3, -0.25) is 14.4 Å². The Balaban J connectivity index is 1.84. The lowest BCUT2D eigenvalue weighted by atomic mass is 9.81. The van der Waals surface area contributed by atoms with Gasteiger partial charge >= 0.3 is 5.97 Å². The fraction of sp³-hybridized carbons (Fsp3) is 0.815. The van der Waals surface area contributed by atoms with Crippen LogP contribution >= 0.6 is 11.8 Å². The van der Waals surface area contributed by atoms with Crippen molar-refractivity contribution in [2.24, 2.45) is 17.3 Å². The highest BCUT2D eigenvalue weighted by Crippen LogP contribution is 2.41. The highest BCUT2D eigenvalue weighted by molar-refractivity contribution is 8.01. The molecule has 3 atom stereocenters. The first-order valence-corrected chi connectivity index (χ1v) is 13.9. The molecule has 0 aromatic rings. The van der Waals surface area contributed by atoms with Crippen molar-refractivity contribution < 1.29 is 24.2 Å². The van der Waals surface area contributed by atoms with Gasteiger partial charge in [-0.2, -0.15) is 0 Å². The van der Waals surface area contributed by atoms with Gasteiger partial charge in [-0.1, -0.05) is 18.8 Å². The van der Waals surface area contributed by atoms with Crippen LogP contribution in [0.4, 0.5) is 0 Å². The number of amides is 2. The molecule has 196 valence electrons. The van der Waals surface area contributed by atoms with Crippen molar-refractivity contribution in [1.29, 1.82) is 0 Å². The summed E-state index contributed by atoms with van der Waals surface area (Å²) in [7, 11) is 1.51. The number of hydrogen-bond donors (Lipinski definition) is 1. The molecular formula is C27H42N2O5S. The van der Waals surface area contributed by atoms with E-state index in [2.05, 4.69) is 18.8 Å². The highest BCUT2D eigenvalue weighted by Gasteiger charge is 2.48. The minimum absolute atomic E-state index is 0.0394. The molecule has 1 N–H and O–H groups in total. The summed E-state index contributed by atoms with van der Waals surface area (Å²) in [6.45, 7) is 9.55. The maximum Gasteiger partial charge on any atom is 0.318 e. The predicted molar refractivity (Wildman–Crippen MR) is 138 cm³/mol. The summed E-state index contributed by atoms with van der Waals surface area (Å²) in [6, 6.07) is -0.440. The van der Waals surface area contributed by atoms with Gasteiger partial charge in [-0.05, 0) is 71.6 Å². The third-order valence-corrected chi connectivity index (χ3v) is 8.87. The number of rotatable bonds is 6. The van der Waals surface area contributed by atoms with Crippen LogP contribution in [0.25, 0.3) is 0 Å². The van der Waals surface area contributed by atoms with E-state index in [0.29, 0.717) is 38.3 Å². The molecule has 1 saturated carbocycles. The van der Waals surface area contributed by atoms with Crippen molar-refractivity contribution in [3.63, 3.8) is 0 Å². The van der Waals surface area contributed by atoms with E-state index in [4.69, 9.17) is 4.74 Å². The minimum Gasteiger partial charge on any atom is -0.480 e. The van der Waals surface area contributed by atoms with Gasteiger partial charge in [-0.15, -0.1) is 11.8 Å². The maximum absolute atomic E-state index is 14.0. The van der Waals surface area contributed by atoms with E-state index < -0.39 is 11.2 Å². The summed E-state index contributed by atoms with van der Waals surface area (Å²) in [5.41, 5.74) is -0.159. The Morgan fingerprint density at radius 3 is 2.26 bits per heavy atom. The zero-order valence-electron chi connectivity index (χ0n) is 21.9. The zero-order valence-corrected chi connectivity index (χ0v) is 22.7. The fourth-order valence-electron chi connectivity index (χ4n) is 5.48. The lowest BCUT2D eigenvalue weighted by Gasteiger charge is -2.44. The number of methoxy groups -OCH3 is 1. The Morgan fingerprint density at radius 1 is 1.09 bits per heavy atom. The average molecular weight is 507 g/mol. The molecule has 0 bridgehead atoms. The first-order valence-electron chi connectivity index (χ1n) is 13.0. The number of aliphatic carboxylic acids is 1. The number of ether oxygens (including phenoxy) is 1. The predicted octanol–water partition coefficient (Wildman–Crippen LogP) is 3.66. The van der Waals surface area contributed by atoms with E-state index in [1.165, 1.54) is 18.9 Å². The summed E-state index contributed by atoms with van der Waals surface area (Å²) in [5.74, 6) is 6.36. The third kappa shape index (κ3) is 7.39. The molecule has 2 heterocycles. The number of nitrogens with zero attached hydrogens (tertiary/aromatic N) is 2. The average Bonchev–Trinajstić information content (AvgIpc) is 3.23. The van der Waals surface area contributed by atoms with Crippen LogP contribution in [-0.4, -0.2) is 82.1 Å². The third-order valence-electron chi connectivity index (χ3n) is 7.42. The summed E-state index contributed by atoms with van der Waals surface area (Å²) in [6.07, 6.45) is 5.71. The molecule has 2 saturated heterocycles. The Kier molecular flexibility index (Phi) is 9.56. The van der Waals surface area contributed by atoms with Gasteiger partial charge in [0.25, 0.3) is 0 Å². The summed E-state index contributed by atoms with van der Waals surface area (Å²) >= 11 is 1.39. The molecule has 0 aromatic heterocycles. The first-order chi connectivity index (χ1) is 16.5. The highest BCUT2D eigenvalue weighted by atomic mass is 32.2. The number of carbonyl (C=O) groups excluding carboxylic acids is 2. The van der Waals surface area contributed by atoms with Crippen molar-refractivity contribution in [3.8, 4) is 11.8 Å². The van der Waals surface area contributed by atoms with E-state index in [1.807, 2.05) is 25.7 Å². The number of likely N-dealkylation sites (tertiary alicyclic amines) is 1. The molecule has 0 radical (unpaired) electrons. The number of carbonyl (C=O) groups is 3. The Morgan fingerprint density at radius 2 is 1.71 bits per heavy atom. The summed E-state index contributed by atoms with van der Waals surface area (Å²) < 4.78 is 5.00. The van der Waals surface area contributed by atoms with E-state index in [0.717, 1.165) is 25.7 Å². The van der Waals surface area contributed by atoms with E-state index >= 15 is 0 Å². The van der Waals surface area contributed by atoms with E-state index in [-0.39, 0.29) is 47.1 Å². The standard InChI is InChI=1S/C27H42N2O5S/c1-18-6-8-19(9-7-18)25(31)29(20-11-14-28(15-12-20)23(30)17-34-5)22-16-21(10-13-27(2,3)4)35-24(22)26(32)33/h18-22,24H,6-9,11-12,14-17H2,1-5H3,(H,32,33). The molecule has 2 amide bonds. The van der Waals surface area contributed by atoms with Crippen molar-refractivity contribution in [2.45, 2.75) is 95.2 Å². The van der Waals surface area contributed by atoms with E-state index in [1.54, 1.807) is 4.90 Å². The number of hydrogen-bond acceptors (Lipinski definition) is 5. The van der Waals surface area contributed by atoms with E-state index in [9.17, 15) is 19.5 Å². The van der Waals surface area contributed by atoms with Crippen molar-refractivity contribution in [3.05, 3.63) is 0 Å². The van der Waals surface area contributed by atoms with Crippen LogP contribution in [0, 0.1) is 29.1 Å². The summed E-state index contributed by atoms with van der Waals surface area (Å²) in [4.78, 5) is 42.4. The molecule has 0 spiro atoms. The molecule has 3 fully saturated rings. The van der Waals surface area contributed by atoms with Gasteiger partial charge in [-0.25, -0.2) is 0 Å². The molecule has 3 rings (SSSR count). The van der Waals surface area contributed by atoms with Crippen LogP contribution in [0.1, 0.15) is 72.6 Å². The number of thioether (sulfide) groups is 1. The van der Waals surface area contributed by atoms with Crippen LogP contribution in [0.3, 0.4) is 0 Å². The van der Waals surface area contributed by atoms with Crippen LogP contribution in [0.5, 0.6) is 0 Å². The minimum atomic E-state index is -0.872. The van der Waals surface area contributed by atoms with Crippen LogP contribution in [0.2, 0.25) is 0 Å². The smallest absolute Gasteiger partial charge is 0.318 e. The number of piperidine rings is 1. The SMILES string of the molecule is COCC(=O)N1CCC(N(C(=O)C2CCC(C)CC2)C2CC(C#CC(C)(C)C)SC2C(=O)O)CC1. The van der Waals surface area contributed by atoms with Gasteiger partial charge in [0, 0.05) is 37.6 Å². The van der Waals surface area contributed by atoms with Gasteiger partial charge in [0.2, 0.25) is 11.8 Å². The van der Waals surface area contributed by atoms with Gasteiger partial charge in [0.15, 0.2) is 0 Å². The lowest BCUT2D eigenvalue weighted by molar-refractivity contribution is -0.146.